The van der Waals surface area contributed by atoms with Crippen LogP contribution in [0.4, 0.5) is 13.2 Å². The summed E-state index contributed by atoms with van der Waals surface area (Å²) in [5.41, 5.74) is 2.00. The molecule has 0 bridgehead atoms. The molecule has 194 valence electrons. The minimum atomic E-state index is -4.53. The number of aryl methyl sites for hydroxylation is 2. The van der Waals surface area contributed by atoms with E-state index < -0.39 is 17.3 Å². The molecule has 0 spiro atoms. The molecule has 0 saturated carbocycles. The maximum Gasteiger partial charge on any atom is 0.416 e. The van der Waals surface area contributed by atoms with Crippen molar-refractivity contribution in [2.75, 3.05) is 0 Å². The summed E-state index contributed by atoms with van der Waals surface area (Å²) in [7, 11) is 0. The van der Waals surface area contributed by atoms with E-state index in [2.05, 4.69) is 4.98 Å². The van der Waals surface area contributed by atoms with Crippen molar-refractivity contribution in [1.29, 1.82) is 0 Å². The van der Waals surface area contributed by atoms with Crippen LogP contribution in [0.2, 0.25) is 9.49 Å². The Morgan fingerprint density at radius 1 is 1.08 bits per heavy atom. The van der Waals surface area contributed by atoms with Crippen molar-refractivity contribution in [3.8, 4) is 28.1 Å². The normalized spacial score (nSPS) is 11.9. The Kier molecular flexibility index (Phi) is 6.71. The molecule has 5 aromatic rings. The van der Waals surface area contributed by atoms with Gasteiger partial charge in [-0.15, -0.1) is 11.3 Å². The van der Waals surface area contributed by atoms with Gasteiger partial charge in [-0.25, -0.2) is 9.78 Å². The largest absolute Gasteiger partial charge is 0.477 e. The minimum Gasteiger partial charge on any atom is -0.477 e. The fourth-order valence-electron chi connectivity index (χ4n) is 4.49. The molecule has 0 aliphatic rings. The number of benzene rings is 2. The third kappa shape index (κ3) is 4.77. The number of alkyl halides is 3. The zero-order chi connectivity index (χ0) is 27.4. The molecule has 0 atom stereocenters. The van der Waals surface area contributed by atoms with Crippen LogP contribution in [-0.4, -0.2) is 14.5 Å². The molecule has 2 aromatic carbocycles. The van der Waals surface area contributed by atoms with Crippen LogP contribution >= 0.6 is 34.5 Å². The first-order chi connectivity index (χ1) is 17.9. The third-order valence-electron chi connectivity index (χ3n) is 6.14. The SMILES string of the molecule is Cc1cc(-c2ccc(C(F)(F)F)cc2Cl)cc(-c2c(O)[n+](Cc3cnc(Cl)s3)c3c(C)cccn3c2=O)c1. The predicted molar refractivity (Wildman–Crippen MR) is 142 cm³/mol. The highest BCUT2D eigenvalue weighted by molar-refractivity contribution is 7.15. The summed E-state index contributed by atoms with van der Waals surface area (Å²) >= 11 is 13.5. The number of hydrogen-bond acceptors (Lipinski definition) is 4. The van der Waals surface area contributed by atoms with Gasteiger partial charge in [0.1, 0.15) is 6.54 Å². The first-order valence-electron chi connectivity index (χ1n) is 11.3. The van der Waals surface area contributed by atoms with Crippen LogP contribution in [0, 0.1) is 13.8 Å². The van der Waals surface area contributed by atoms with E-state index in [0.29, 0.717) is 26.8 Å². The first kappa shape index (κ1) is 26.2. The van der Waals surface area contributed by atoms with E-state index >= 15 is 0 Å². The number of halogens is 5. The zero-order valence-electron chi connectivity index (χ0n) is 20.0. The Labute approximate surface area is 229 Å². The highest BCUT2D eigenvalue weighted by Gasteiger charge is 2.31. The van der Waals surface area contributed by atoms with Crippen LogP contribution in [0.15, 0.2) is 65.7 Å². The molecule has 0 unspecified atom stereocenters. The maximum atomic E-state index is 13.7. The number of hydrogen-bond donors (Lipinski definition) is 1. The zero-order valence-corrected chi connectivity index (χ0v) is 22.3. The minimum absolute atomic E-state index is 0.0386. The maximum absolute atomic E-state index is 13.7. The Balaban J connectivity index is 1.74. The van der Waals surface area contributed by atoms with Crippen molar-refractivity contribution in [2.45, 2.75) is 26.6 Å². The highest BCUT2D eigenvalue weighted by atomic mass is 35.5. The van der Waals surface area contributed by atoms with Crippen LogP contribution in [0.5, 0.6) is 5.88 Å². The lowest BCUT2D eigenvalue weighted by molar-refractivity contribution is -0.671. The van der Waals surface area contributed by atoms with E-state index in [0.717, 1.165) is 28.1 Å². The number of nitrogens with zero attached hydrogens (tertiary/aromatic N) is 3. The second-order valence-corrected chi connectivity index (χ2v) is 10.9. The van der Waals surface area contributed by atoms with Crippen molar-refractivity contribution in [1.82, 2.24) is 9.38 Å². The lowest BCUT2D eigenvalue weighted by atomic mass is 9.96. The Morgan fingerprint density at radius 2 is 1.82 bits per heavy atom. The molecular formula is C27H19Cl2F3N3O2S+. The molecule has 0 saturated heterocycles. The Hall–Kier alpha value is -3.40. The fourth-order valence-corrected chi connectivity index (χ4v) is 5.75. The summed E-state index contributed by atoms with van der Waals surface area (Å²) < 4.78 is 42.9. The molecule has 0 fully saturated rings. The first-order valence-corrected chi connectivity index (χ1v) is 12.9. The summed E-state index contributed by atoms with van der Waals surface area (Å²) in [5.74, 6) is -0.260. The average Bonchev–Trinajstić information content (AvgIpc) is 3.25. The van der Waals surface area contributed by atoms with E-state index in [1.165, 1.54) is 21.8 Å². The lowest BCUT2D eigenvalue weighted by Crippen LogP contribution is -2.41. The highest BCUT2D eigenvalue weighted by Crippen LogP contribution is 2.37. The second kappa shape index (κ2) is 9.72. The number of aromatic nitrogens is 3. The van der Waals surface area contributed by atoms with Gasteiger partial charge in [-0.3, -0.25) is 0 Å². The van der Waals surface area contributed by atoms with Crippen LogP contribution < -0.4 is 10.1 Å². The van der Waals surface area contributed by atoms with Gasteiger partial charge in [0.05, 0.1) is 16.6 Å². The van der Waals surface area contributed by atoms with Gasteiger partial charge in [-0.1, -0.05) is 41.4 Å². The summed E-state index contributed by atoms with van der Waals surface area (Å²) in [6, 6.07) is 11.8. The van der Waals surface area contributed by atoms with Crippen molar-refractivity contribution in [3.05, 3.63) is 102 Å². The molecule has 1 N–H and O–H groups in total. The molecular weight excluding hydrogens is 558 g/mol. The third-order valence-corrected chi connectivity index (χ3v) is 7.55. The molecule has 0 amide bonds. The summed E-state index contributed by atoms with van der Waals surface area (Å²) in [5, 5.41) is 11.4. The lowest BCUT2D eigenvalue weighted by Gasteiger charge is -2.14. The van der Waals surface area contributed by atoms with Gasteiger partial charge in [0, 0.05) is 22.3 Å². The van der Waals surface area contributed by atoms with Crippen LogP contribution in [0.25, 0.3) is 27.9 Å². The van der Waals surface area contributed by atoms with Gasteiger partial charge in [0.15, 0.2) is 10.0 Å². The molecule has 0 aliphatic heterocycles. The van der Waals surface area contributed by atoms with Gasteiger partial charge in [0.25, 0.3) is 11.5 Å². The van der Waals surface area contributed by atoms with E-state index in [1.54, 1.807) is 48.1 Å². The predicted octanol–water partition coefficient (Wildman–Crippen LogP) is 7.07. The van der Waals surface area contributed by atoms with E-state index in [1.807, 2.05) is 13.0 Å². The quantitative estimate of drug-likeness (QED) is 0.233. The molecule has 5 nitrogen and oxygen atoms in total. The molecule has 11 heteroatoms. The Morgan fingerprint density at radius 3 is 2.47 bits per heavy atom. The standard InChI is InChI=1S/C27H18Cl2F3N3O2S/c1-14-8-16(20-6-5-18(11-21(20)28)27(30,31)32)10-17(9-14)22-24(36)34-7-3-4-15(2)23(34)35(25(22)37)13-19-12-33-26(29)38-19/h3-12H,13H2,1-2H3/p+1. The van der Waals surface area contributed by atoms with Gasteiger partial charge >= 0.3 is 11.7 Å². The monoisotopic (exact) mass is 576 g/mol. The fraction of sp³-hybridized carbons (Fsp3) is 0.148. The number of fused-ring (bicyclic) bond motifs is 1. The summed E-state index contributed by atoms with van der Waals surface area (Å²) in [6.45, 7) is 3.83. The molecule has 38 heavy (non-hydrogen) atoms. The second-order valence-electron chi connectivity index (χ2n) is 8.83. The van der Waals surface area contributed by atoms with Gasteiger partial charge in [0.2, 0.25) is 0 Å². The molecule has 5 rings (SSSR count). The van der Waals surface area contributed by atoms with Crippen molar-refractivity contribution >= 4 is 40.2 Å². The van der Waals surface area contributed by atoms with Crippen LogP contribution in [-0.2, 0) is 12.7 Å². The van der Waals surface area contributed by atoms with Crippen LogP contribution in [0.1, 0.15) is 21.6 Å². The van der Waals surface area contributed by atoms with Gasteiger partial charge < -0.3 is 5.11 Å². The average molecular weight is 577 g/mol. The Bertz CT molecular complexity index is 1780. The number of thiazole rings is 1. The molecule has 3 heterocycles. The van der Waals surface area contributed by atoms with Crippen molar-refractivity contribution < 1.29 is 22.8 Å². The number of aromatic hydroxyl groups is 1. The van der Waals surface area contributed by atoms with E-state index in [4.69, 9.17) is 23.2 Å². The van der Waals surface area contributed by atoms with E-state index in [9.17, 15) is 23.1 Å². The van der Waals surface area contributed by atoms with Crippen molar-refractivity contribution in [2.24, 2.45) is 0 Å². The van der Waals surface area contributed by atoms with Crippen molar-refractivity contribution in [3.63, 3.8) is 0 Å². The van der Waals surface area contributed by atoms with E-state index in [-0.39, 0.29) is 23.0 Å². The smallest absolute Gasteiger partial charge is 0.416 e. The topological polar surface area (TPSA) is 58.5 Å². The summed E-state index contributed by atoms with van der Waals surface area (Å²) in [4.78, 5) is 18.5. The molecule has 0 radical (unpaired) electrons. The van der Waals surface area contributed by atoms with Gasteiger partial charge in [-0.05, 0) is 60.9 Å². The number of pyridine rings is 1. The molecule has 0 aliphatic carbocycles. The van der Waals surface area contributed by atoms with Crippen LogP contribution in [0.3, 0.4) is 0 Å². The van der Waals surface area contributed by atoms with Gasteiger partial charge in [-0.2, -0.15) is 22.1 Å². The number of rotatable bonds is 4. The summed E-state index contributed by atoms with van der Waals surface area (Å²) in [6.07, 6.45) is -1.30. The molecule has 3 aromatic heterocycles.